The molecule has 1 nitrogen and oxygen atoms in total. The van der Waals surface area contributed by atoms with E-state index in [1.165, 1.54) is 24.8 Å². The van der Waals surface area contributed by atoms with Crippen LogP contribution in [0.4, 0.5) is 0 Å². The highest BCUT2D eigenvalue weighted by Crippen LogP contribution is 2.09. The largest absolute Gasteiger partial charge is 0.300 e. The minimum Gasteiger partial charge on any atom is -0.300 e. The van der Waals surface area contributed by atoms with Gasteiger partial charge < -0.3 is 0 Å². The summed E-state index contributed by atoms with van der Waals surface area (Å²) in [5, 5.41) is 0. The Bertz CT molecular complexity index is 340. The first-order valence-electron chi connectivity index (χ1n) is 6.99. The summed E-state index contributed by atoms with van der Waals surface area (Å²) in [5.74, 6) is 0.405. The highest BCUT2D eigenvalue weighted by Gasteiger charge is 2.02. The first-order valence-corrected chi connectivity index (χ1v) is 6.99. The standard InChI is InChI=1S/C17H24O/c1-2-3-4-5-6-10-13-17(18)15-14-16-11-8-7-9-12-16/h2,7-9,11-12H,1,3-6,10,13-15H2. The van der Waals surface area contributed by atoms with Gasteiger partial charge in [0, 0.05) is 12.8 Å². The van der Waals surface area contributed by atoms with Crippen molar-refractivity contribution in [2.45, 2.75) is 51.4 Å². The summed E-state index contributed by atoms with van der Waals surface area (Å²) in [7, 11) is 0. The Morgan fingerprint density at radius 2 is 1.72 bits per heavy atom. The van der Waals surface area contributed by atoms with Crippen molar-refractivity contribution in [1.82, 2.24) is 0 Å². The summed E-state index contributed by atoms with van der Waals surface area (Å²) in [6.45, 7) is 3.71. The van der Waals surface area contributed by atoms with Crippen molar-refractivity contribution in [3.05, 3.63) is 48.6 Å². The third-order valence-corrected chi connectivity index (χ3v) is 3.15. The van der Waals surface area contributed by atoms with E-state index in [1.807, 2.05) is 24.3 Å². The number of unbranched alkanes of at least 4 members (excludes halogenated alkanes) is 4. The molecular formula is C17H24O. The van der Waals surface area contributed by atoms with Crippen LogP contribution in [-0.4, -0.2) is 5.78 Å². The molecule has 0 unspecified atom stereocenters. The minimum absolute atomic E-state index is 0.405. The summed E-state index contributed by atoms with van der Waals surface area (Å²) < 4.78 is 0. The van der Waals surface area contributed by atoms with Gasteiger partial charge in [-0.05, 0) is 31.2 Å². The van der Waals surface area contributed by atoms with E-state index in [9.17, 15) is 4.79 Å². The van der Waals surface area contributed by atoms with E-state index in [0.29, 0.717) is 12.2 Å². The Morgan fingerprint density at radius 1 is 1.00 bits per heavy atom. The number of benzene rings is 1. The molecule has 98 valence electrons. The number of carbonyl (C=O) groups is 1. The van der Waals surface area contributed by atoms with Gasteiger partial charge in [-0.3, -0.25) is 4.79 Å². The quantitative estimate of drug-likeness (QED) is 0.430. The third kappa shape index (κ3) is 7.05. The molecule has 0 N–H and O–H groups in total. The Kier molecular flexibility index (Phi) is 7.87. The number of aryl methyl sites for hydroxylation is 1. The number of allylic oxidation sites excluding steroid dienone is 1. The van der Waals surface area contributed by atoms with Gasteiger partial charge in [0.05, 0.1) is 0 Å². The molecule has 0 saturated carbocycles. The van der Waals surface area contributed by atoms with Crippen molar-refractivity contribution in [1.29, 1.82) is 0 Å². The normalized spacial score (nSPS) is 10.2. The maximum atomic E-state index is 11.7. The maximum Gasteiger partial charge on any atom is 0.133 e. The van der Waals surface area contributed by atoms with Gasteiger partial charge in [0.25, 0.3) is 0 Å². The van der Waals surface area contributed by atoms with Gasteiger partial charge in [-0.15, -0.1) is 6.58 Å². The third-order valence-electron chi connectivity index (χ3n) is 3.15. The topological polar surface area (TPSA) is 17.1 Å². The Labute approximate surface area is 111 Å². The maximum absolute atomic E-state index is 11.7. The van der Waals surface area contributed by atoms with Crippen molar-refractivity contribution >= 4 is 5.78 Å². The highest BCUT2D eigenvalue weighted by atomic mass is 16.1. The molecule has 0 amide bonds. The number of hydrogen-bond acceptors (Lipinski definition) is 1. The summed E-state index contributed by atoms with van der Waals surface area (Å²) >= 11 is 0. The van der Waals surface area contributed by atoms with E-state index < -0.39 is 0 Å². The lowest BCUT2D eigenvalue weighted by atomic mass is 10.0. The first kappa shape index (κ1) is 14.7. The molecule has 0 aliphatic heterocycles. The number of carbonyl (C=O) groups excluding carboxylic acids is 1. The first-order chi connectivity index (χ1) is 8.83. The van der Waals surface area contributed by atoms with Crippen LogP contribution in [0.3, 0.4) is 0 Å². The SMILES string of the molecule is C=CCCCCCCC(=O)CCc1ccccc1. The number of rotatable bonds is 10. The zero-order valence-electron chi connectivity index (χ0n) is 11.2. The number of hydrogen-bond donors (Lipinski definition) is 0. The fourth-order valence-electron chi connectivity index (χ4n) is 2.02. The Hall–Kier alpha value is -1.37. The average molecular weight is 244 g/mol. The van der Waals surface area contributed by atoms with Crippen molar-refractivity contribution < 1.29 is 4.79 Å². The van der Waals surface area contributed by atoms with E-state index in [0.717, 1.165) is 25.7 Å². The predicted molar refractivity (Wildman–Crippen MR) is 77.7 cm³/mol. The van der Waals surface area contributed by atoms with Crippen molar-refractivity contribution in [3.8, 4) is 0 Å². The lowest BCUT2D eigenvalue weighted by molar-refractivity contribution is -0.119. The van der Waals surface area contributed by atoms with Crippen LogP contribution >= 0.6 is 0 Å². The van der Waals surface area contributed by atoms with Crippen LogP contribution in [0.5, 0.6) is 0 Å². The van der Waals surface area contributed by atoms with Gasteiger partial charge in [-0.25, -0.2) is 0 Å². The lowest BCUT2D eigenvalue weighted by Crippen LogP contribution is -2.00. The average Bonchev–Trinajstić information content (AvgIpc) is 2.41. The molecular weight excluding hydrogens is 220 g/mol. The molecule has 0 spiro atoms. The van der Waals surface area contributed by atoms with Crippen LogP contribution in [0.25, 0.3) is 0 Å². The molecule has 0 aliphatic rings. The monoisotopic (exact) mass is 244 g/mol. The van der Waals surface area contributed by atoms with Gasteiger partial charge >= 0.3 is 0 Å². The second-order valence-corrected chi connectivity index (χ2v) is 4.77. The van der Waals surface area contributed by atoms with Crippen molar-refractivity contribution in [2.24, 2.45) is 0 Å². The molecule has 1 aromatic carbocycles. The van der Waals surface area contributed by atoms with Crippen LogP contribution in [0.1, 0.15) is 50.5 Å². The van der Waals surface area contributed by atoms with Crippen LogP contribution in [-0.2, 0) is 11.2 Å². The molecule has 1 aromatic rings. The lowest BCUT2D eigenvalue weighted by Gasteiger charge is -2.02. The predicted octanol–water partition coefficient (Wildman–Crippen LogP) is 4.71. The molecule has 0 saturated heterocycles. The summed E-state index contributed by atoms with van der Waals surface area (Å²) in [5.41, 5.74) is 1.26. The van der Waals surface area contributed by atoms with E-state index >= 15 is 0 Å². The zero-order valence-corrected chi connectivity index (χ0v) is 11.2. The second-order valence-electron chi connectivity index (χ2n) is 4.77. The van der Waals surface area contributed by atoms with E-state index in [-0.39, 0.29) is 0 Å². The van der Waals surface area contributed by atoms with Crippen LogP contribution in [0, 0.1) is 0 Å². The van der Waals surface area contributed by atoms with E-state index in [1.54, 1.807) is 0 Å². The molecule has 0 aromatic heterocycles. The smallest absolute Gasteiger partial charge is 0.133 e. The van der Waals surface area contributed by atoms with Gasteiger partial charge in [0.1, 0.15) is 5.78 Å². The molecule has 0 radical (unpaired) electrons. The number of ketones is 1. The zero-order chi connectivity index (χ0) is 13.1. The Balaban J connectivity index is 2.02. The van der Waals surface area contributed by atoms with Crippen LogP contribution in [0.15, 0.2) is 43.0 Å². The van der Waals surface area contributed by atoms with E-state index in [2.05, 4.69) is 18.7 Å². The fourth-order valence-corrected chi connectivity index (χ4v) is 2.02. The van der Waals surface area contributed by atoms with Crippen LogP contribution in [0.2, 0.25) is 0 Å². The molecule has 18 heavy (non-hydrogen) atoms. The van der Waals surface area contributed by atoms with Gasteiger partial charge in [0.2, 0.25) is 0 Å². The minimum atomic E-state index is 0.405. The summed E-state index contributed by atoms with van der Waals surface area (Å²) in [6, 6.07) is 10.2. The Morgan fingerprint density at radius 3 is 2.44 bits per heavy atom. The molecule has 0 atom stereocenters. The van der Waals surface area contributed by atoms with Gasteiger partial charge in [-0.1, -0.05) is 49.2 Å². The van der Waals surface area contributed by atoms with Crippen molar-refractivity contribution in [2.75, 3.05) is 0 Å². The summed E-state index contributed by atoms with van der Waals surface area (Å²) in [4.78, 5) is 11.7. The molecule has 1 heteroatoms. The van der Waals surface area contributed by atoms with Crippen LogP contribution < -0.4 is 0 Å². The van der Waals surface area contributed by atoms with Gasteiger partial charge in [-0.2, -0.15) is 0 Å². The molecule has 0 bridgehead atoms. The van der Waals surface area contributed by atoms with Crippen molar-refractivity contribution in [3.63, 3.8) is 0 Å². The molecule has 0 heterocycles. The van der Waals surface area contributed by atoms with Gasteiger partial charge in [0.15, 0.2) is 0 Å². The fraction of sp³-hybridized carbons (Fsp3) is 0.471. The molecule has 0 fully saturated rings. The summed E-state index contributed by atoms with van der Waals surface area (Å²) in [6.07, 6.45) is 10.0. The number of Topliss-reactive ketones (excluding diaryl/α,β-unsaturated/α-hetero) is 1. The second kappa shape index (κ2) is 9.64. The molecule has 0 aliphatic carbocycles. The highest BCUT2D eigenvalue weighted by molar-refractivity contribution is 5.78. The molecule has 1 rings (SSSR count). The van der Waals surface area contributed by atoms with E-state index in [4.69, 9.17) is 0 Å².